The number of aromatic nitrogens is 5. The molecule has 2 aromatic heterocycles. The van der Waals surface area contributed by atoms with Gasteiger partial charge in [0.1, 0.15) is 5.82 Å². The van der Waals surface area contributed by atoms with Crippen LogP contribution in [0.1, 0.15) is 25.5 Å². The van der Waals surface area contributed by atoms with E-state index in [1.165, 1.54) is 0 Å². The predicted molar refractivity (Wildman–Crippen MR) is 79.7 cm³/mol. The fourth-order valence-corrected chi connectivity index (χ4v) is 2.26. The second-order valence-electron chi connectivity index (χ2n) is 5.29. The Morgan fingerprint density at radius 1 is 1.36 bits per heavy atom. The number of anilines is 1. The van der Waals surface area contributed by atoms with Gasteiger partial charge in [-0.05, 0) is 13.8 Å². The monoisotopic (exact) mass is 304 g/mol. The summed E-state index contributed by atoms with van der Waals surface area (Å²) < 4.78 is 13.1. The summed E-state index contributed by atoms with van der Waals surface area (Å²) in [5, 5.41) is 11.6. The van der Waals surface area contributed by atoms with E-state index in [1.807, 2.05) is 13.8 Å². The Morgan fingerprint density at radius 2 is 2.27 bits per heavy atom. The third kappa shape index (κ3) is 3.51. The molecule has 0 aromatic carbocycles. The van der Waals surface area contributed by atoms with Gasteiger partial charge in [-0.3, -0.25) is 0 Å². The predicted octanol–water partition coefficient (Wildman–Crippen LogP) is 1.04. The van der Waals surface area contributed by atoms with E-state index in [-0.39, 0.29) is 6.10 Å². The molecule has 22 heavy (non-hydrogen) atoms. The van der Waals surface area contributed by atoms with Crippen molar-refractivity contribution >= 4 is 5.95 Å². The van der Waals surface area contributed by atoms with Gasteiger partial charge in [0.15, 0.2) is 5.82 Å². The van der Waals surface area contributed by atoms with Gasteiger partial charge in [-0.2, -0.15) is 4.98 Å². The van der Waals surface area contributed by atoms with Gasteiger partial charge in [-0.15, -0.1) is 10.2 Å². The Kier molecular flexibility index (Phi) is 4.47. The van der Waals surface area contributed by atoms with Crippen LogP contribution >= 0.6 is 0 Å². The second-order valence-corrected chi connectivity index (χ2v) is 5.29. The van der Waals surface area contributed by atoms with Crippen LogP contribution in [0.15, 0.2) is 12.3 Å². The minimum Gasteiger partial charge on any atom is -0.475 e. The van der Waals surface area contributed by atoms with Crippen molar-refractivity contribution < 1.29 is 9.47 Å². The van der Waals surface area contributed by atoms with Crippen molar-refractivity contribution in [2.45, 2.75) is 39.5 Å². The summed E-state index contributed by atoms with van der Waals surface area (Å²) >= 11 is 0. The van der Waals surface area contributed by atoms with Crippen molar-refractivity contribution in [3.63, 3.8) is 0 Å². The lowest BCUT2D eigenvalue weighted by molar-refractivity contribution is 0.139. The summed E-state index contributed by atoms with van der Waals surface area (Å²) in [6, 6.07) is 1.74. The Morgan fingerprint density at radius 3 is 3.14 bits per heavy atom. The normalized spacial score (nSPS) is 14.5. The lowest BCUT2D eigenvalue weighted by Gasteiger charge is -2.10. The lowest BCUT2D eigenvalue weighted by atomic mass is 10.4. The maximum Gasteiger partial charge on any atom is 0.226 e. The summed E-state index contributed by atoms with van der Waals surface area (Å²) in [6.07, 6.45) is 2.54. The van der Waals surface area contributed by atoms with E-state index in [1.54, 1.807) is 12.3 Å². The molecule has 0 radical (unpaired) electrons. The largest absolute Gasteiger partial charge is 0.475 e. The van der Waals surface area contributed by atoms with Crippen molar-refractivity contribution in [1.29, 1.82) is 0 Å². The summed E-state index contributed by atoms with van der Waals surface area (Å²) in [5.41, 5.74) is 0. The molecule has 1 aliphatic heterocycles. The van der Waals surface area contributed by atoms with Gasteiger partial charge in [-0.1, -0.05) is 0 Å². The van der Waals surface area contributed by atoms with E-state index < -0.39 is 0 Å². The molecule has 0 saturated heterocycles. The minimum absolute atomic E-state index is 0.0787. The molecular weight excluding hydrogens is 284 g/mol. The van der Waals surface area contributed by atoms with Crippen LogP contribution in [0.25, 0.3) is 0 Å². The first-order valence-electron chi connectivity index (χ1n) is 7.44. The van der Waals surface area contributed by atoms with Crippen LogP contribution in [0.3, 0.4) is 0 Å². The van der Waals surface area contributed by atoms with Gasteiger partial charge in [0.25, 0.3) is 0 Å². The highest BCUT2D eigenvalue weighted by molar-refractivity contribution is 5.27. The zero-order chi connectivity index (χ0) is 15.4. The van der Waals surface area contributed by atoms with Gasteiger partial charge in [0.05, 0.1) is 25.9 Å². The van der Waals surface area contributed by atoms with E-state index in [4.69, 9.17) is 9.47 Å². The maximum absolute atomic E-state index is 5.56. The molecule has 8 nitrogen and oxygen atoms in total. The van der Waals surface area contributed by atoms with Crippen LogP contribution in [0, 0.1) is 0 Å². The summed E-state index contributed by atoms with van der Waals surface area (Å²) in [7, 11) is 0. The highest BCUT2D eigenvalue weighted by atomic mass is 16.5. The molecule has 0 unspecified atom stereocenters. The Bertz CT molecular complexity index is 628. The molecule has 0 aliphatic carbocycles. The standard InChI is InChI=1S/C14H20N6O2/c1-10(2)22-13-3-5-15-14(17-13)16-9-12-19-18-11-4-7-21-8-6-20(11)12/h3,5,10H,4,6-9H2,1-2H3,(H,15,16,17). The van der Waals surface area contributed by atoms with Crippen molar-refractivity contribution in [3.05, 3.63) is 23.9 Å². The van der Waals surface area contributed by atoms with Crippen LogP contribution in [0.4, 0.5) is 5.95 Å². The molecule has 0 atom stereocenters. The molecule has 0 spiro atoms. The van der Waals surface area contributed by atoms with Crippen LogP contribution in [0.5, 0.6) is 5.88 Å². The van der Waals surface area contributed by atoms with Gasteiger partial charge < -0.3 is 19.4 Å². The van der Waals surface area contributed by atoms with E-state index in [0.717, 1.165) is 24.6 Å². The lowest BCUT2D eigenvalue weighted by Crippen LogP contribution is -2.13. The molecule has 8 heteroatoms. The third-order valence-corrected chi connectivity index (χ3v) is 3.22. The first kappa shape index (κ1) is 14.7. The molecule has 3 heterocycles. The fourth-order valence-electron chi connectivity index (χ4n) is 2.26. The molecule has 118 valence electrons. The highest BCUT2D eigenvalue weighted by Gasteiger charge is 2.14. The summed E-state index contributed by atoms with van der Waals surface area (Å²) in [4.78, 5) is 8.51. The van der Waals surface area contributed by atoms with Gasteiger partial charge in [0, 0.05) is 25.2 Å². The summed E-state index contributed by atoms with van der Waals surface area (Å²) in [6.45, 7) is 6.59. The fraction of sp³-hybridized carbons (Fsp3) is 0.571. The topological polar surface area (TPSA) is 87.0 Å². The van der Waals surface area contributed by atoms with Crippen LogP contribution in [-0.4, -0.2) is 44.1 Å². The van der Waals surface area contributed by atoms with Gasteiger partial charge in [0.2, 0.25) is 11.8 Å². The van der Waals surface area contributed by atoms with Crippen molar-refractivity contribution in [3.8, 4) is 5.88 Å². The van der Waals surface area contributed by atoms with Crippen molar-refractivity contribution in [1.82, 2.24) is 24.7 Å². The van der Waals surface area contributed by atoms with Crippen molar-refractivity contribution in [2.75, 3.05) is 18.5 Å². The molecular formula is C14H20N6O2. The van der Waals surface area contributed by atoms with Crippen LogP contribution < -0.4 is 10.1 Å². The van der Waals surface area contributed by atoms with Crippen LogP contribution in [-0.2, 0) is 24.2 Å². The Balaban J connectivity index is 1.66. The maximum atomic E-state index is 5.56. The zero-order valence-electron chi connectivity index (χ0n) is 12.8. The Hall–Kier alpha value is -2.22. The molecule has 1 aliphatic rings. The van der Waals surface area contributed by atoms with Gasteiger partial charge >= 0.3 is 0 Å². The molecule has 0 amide bonds. The molecule has 2 aromatic rings. The average molecular weight is 304 g/mol. The first-order chi connectivity index (χ1) is 10.7. The number of ether oxygens (including phenoxy) is 2. The summed E-state index contributed by atoms with van der Waals surface area (Å²) in [5.74, 6) is 2.90. The smallest absolute Gasteiger partial charge is 0.226 e. The number of hydrogen-bond donors (Lipinski definition) is 1. The molecule has 0 fully saturated rings. The molecule has 3 rings (SSSR count). The minimum atomic E-state index is 0.0787. The first-order valence-corrected chi connectivity index (χ1v) is 7.44. The Labute approximate surface area is 128 Å². The third-order valence-electron chi connectivity index (χ3n) is 3.22. The molecule has 1 N–H and O–H groups in total. The number of rotatable bonds is 5. The molecule has 0 saturated carbocycles. The van der Waals surface area contributed by atoms with Gasteiger partial charge in [-0.25, -0.2) is 4.98 Å². The molecule has 0 bridgehead atoms. The number of nitrogens with one attached hydrogen (secondary N) is 1. The quantitative estimate of drug-likeness (QED) is 0.883. The highest BCUT2D eigenvalue weighted by Crippen LogP contribution is 2.12. The zero-order valence-corrected chi connectivity index (χ0v) is 12.8. The SMILES string of the molecule is CC(C)Oc1ccnc(NCc2nnc3n2CCOCC3)n1. The van der Waals surface area contributed by atoms with E-state index in [2.05, 4.69) is 30.0 Å². The van der Waals surface area contributed by atoms with Crippen molar-refractivity contribution in [2.24, 2.45) is 0 Å². The second kappa shape index (κ2) is 6.69. The van der Waals surface area contributed by atoms with E-state index in [9.17, 15) is 0 Å². The van der Waals surface area contributed by atoms with E-state index >= 15 is 0 Å². The van der Waals surface area contributed by atoms with Crippen LogP contribution in [0.2, 0.25) is 0 Å². The number of fused-ring (bicyclic) bond motifs is 1. The van der Waals surface area contributed by atoms with E-state index in [0.29, 0.717) is 31.6 Å². The number of nitrogens with zero attached hydrogens (tertiary/aromatic N) is 5. The number of hydrogen-bond acceptors (Lipinski definition) is 7. The average Bonchev–Trinajstić information content (AvgIpc) is 2.72.